The van der Waals surface area contributed by atoms with Crippen LogP contribution in [0.4, 0.5) is 5.13 Å². The first-order valence-corrected chi connectivity index (χ1v) is 11.3. The molecule has 0 aliphatic carbocycles. The van der Waals surface area contributed by atoms with E-state index in [1.807, 2.05) is 66.9 Å². The van der Waals surface area contributed by atoms with Crippen LogP contribution >= 0.6 is 11.3 Å². The fourth-order valence-electron chi connectivity index (χ4n) is 3.90. The van der Waals surface area contributed by atoms with E-state index in [9.17, 15) is 9.59 Å². The van der Waals surface area contributed by atoms with Crippen molar-refractivity contribution in [2.75, 3.05) is 11.9 Å². The number of rotatable bonds is 6. The molecule has 0 fully saturated rings. The lowest BCUT2D eigenvalue weighted by Gasteiger charge is -2.12. The molecule has 1 amide bonds. The van der Waals surface area contributed by atoms with Gasteiger partial charge in [-0.1, -0.05) is 47.7 Å². The van der Waals surface area contributed by atoms with E-state index < -0.39 is 5.97 Å². The molecule has 0 bridgehead atoms. The van der Waals surface area contributed by atoms with Crippen LogP contribution < -0.4 is 5.32 Å². The molecule has 0 saturated heterocycles. The molecule has 2 heterocycles. The summed E-state index contributed by atoms with van der Waals surface area (Å²) in [5, 5.41) is 3.46. The van der Waals surface area contributed by atoms with Crippen LogP contribution in [-0.4, -0.2) is 28.0 Å². The van der Waals surface area contributed by atoms with Gasteiger partial charge in [0.1, 0.15) is 5.69 Å². The first-order chi connectivity index (χ1) is 15.4. The summed E-state index contributed by atoms with van der Waals surface area (Å²) in [5.41, 5.74) is 5.21. The number of nitrogens with zero attached hydrogens (tertiary/aromatic N) is 2. The Kier molecular flexibility index (Phi) is 6.10. The first-order valence-electron chi connectivity index (χ1n) is 10.5. The molecule has 32 heavy (non-hydrogen) atoms. The number of esters is 1. The van der Waals surface area contributed by atoms with E-state index in [1.165, 1.54) is 11.3 Å². The lowest BCUT2D eigenvalue weighted by atomic mass is 10.1. The van der Waals surface area contributed by atoms with E-state index in [-0.39, 0.29) is 12.5 Å². The summed E-state index contributed by atoms with van der Waals surface area (Å²) in [7, 11) is 0. The normalized spacial score (nSPS) is 11.0. The van der Waals surface area contributed by atoms with E-state index in [4.69, 9.17) is 4.74 Å². The maximum atomic E-state index is 13.3. The Labute approximate surface area is 190 Å². The van der Waals surface area contributed by atoms with Crippen LogP contribution in [0.25, 0.3) is 10.2 Å². The Bertz CT molecular complexity index is 1310. The summed E-state index contributed by atoms with van der Waals surface area (Å²) in [4.78, 5) is 30.6. The number of amides is 1. The van der Waals surface area contributed by atoms with Crippen molar-refractivity contribution in [3.63, 3.8) is 0 Å². The fourth-order valence-corrected chi connectivity index (χ4v) is 4.86. The number of hydrogen-bond acceptors (Lipinski definition) is 5. The van der Waals surface area contributed by atoms with Crippen molar-refractivity contribution >= 4 is 38.6 Å². The fraction of sp³-hybridized carbons (Fsp3) is 0.240. The second kappa shape index (κ2) is 8.96. The van der Waals surface area contributed by atoms with Crippen molar-refractivity contribution < 1.29 is 14.3 Å². The van der Waals surface area contributed by atoms with Gasteiger partial charge in [0.05, 0.1) is 22.4 Å². The number of ether oxygens (including phenoxy) is 1. The molecular weight excluding hydrogens is 422 g/mol. The Hall–Kier alpha value is -3.45. The third-order valence-electron chi connectivity index (χ3n) is 5.41. The maximum Gasteiger partial charge on any atom is 0.355 e. The summed E-state index contributed by atoms with van der Waals surface area (Å²) in [6.45, 7) is 8.17. The van der Waals surface area contributed by atoms with Crippen molar-refractivity contribution in [2.45, 2.75) is 34.2 Å². The van der Waals surface area contributed by atoms with Gasteiger partial charge in [0, 0.05) is 12.2 Å². The minimum atomic E-state index is -0.432. The number of benzene rings is 2. The highest BCUT2D eigenvalue weighted by Gasteiger charge is 2.27. The summed E-state index contributed by atoms with van der Waals surface area (Å²) in [5.74, 6) is -0.716. The van der Waals surface area contributed by atoms with Crippen LogP contribution in [-0.2, 0) is 11.3 Å². The zero-order valence-corrected chi connectivity index (χ0v) is 19.4. The van der Waals surface area contributed by atoms with Gasteiger partial charge in [-0.2, -0.15) is 0 Å². The highest BCUT2D eigenvalue weighted by molar-refractivity contribution is 7.22. The van der Waals surface area contributed by atoms with Crippen LogP contribution in [0.3, 0.4) is 0 Å². The molecule has 0 aliphatic rings. The molecule has 0 saturated carbocycles. The van der Waals surface area contributed by atoms with Gasteiger partial charge in [-0.25, -0.2) is 9.78 Å². The predicted molar refractivity (Wildman–Crippen MR) is 128 cm³/mol. The SMILES string of the molecule is CCOC(=O)c1c(C)c(C(=O)Nc2nc3ccc(C)cc3s2)c(C)n1Cc1ccccc1. The van der Waals surface area contributed by atoms with Gasteiger partial charge in [0.15, 0.2) is 5.13 Å². The molecule has 0 spiro atoms. The molecular formula is C25H25N3O3S. The van der Waals surface area contributed by atoms with Gasteiger partial charge in [0.25, 0.3) is 5.91 Å². The maximum absolute atomic E-state index is 13.3. The monoisotopic (exact) mass is 447 g/mol. The molecule has 0 radical (unpaired) electrons. The van der Waals surface area contributed by atoms with Crippen LogP contribution in [0.1, 0.15) is 50.2 Å². The summed E-state index contributed by atoms with van der Waals surface area (Å²) >= 11 is 1.43. The van der Waals surface area contributed by atoms with Crippen LogP contribution in [0.2, 0.25) is 0 Å². The number of aryl methyl sites for hydroxylation is 1. The molecule has 164 valence electrons. The van der Waals surface area contributed by atoms with Crippen molar-refractivity contribution in [3.05, 3.63) is 82.2 Å². The van der Waals surface area contributed by atoms with Gasteiger partial charge in [0.2, 0.25) is 0 Å². The van der Waals surface area contributed by atoms with Crippen molar-refractivity contribution in [2.24, 2.45) is 0 Å². The zero-order valence-electron chi connectivity index (χ0n) is 18.6. The van der Waals surface area contributed by atoms with Crippen molar-refractivity contribution in [1.29, 1.82) is 0 Å². The van der Waals surface area contributed by atoms with Gasteiger partial charge in [-0.15, -0.1) is 0 Å². The molecule has 7 heteroatoms. The van der Waals surface area contributed by atoms with E-state index in [0.29, 0.717) is 34.2 Å². The van der Waals surface area contributed by atoms with E-state index in [0.717, 1.165) is 21.3 Å². The average Bonchev–Trinajstić information content (AvgIpc) is 3.25. The number of aromatic nitrogens is 2. The van der Waals surface area contributed by atoms with Crippen molar-refractivity contribution in [3.8, 4) is 0 Å². The molecule has 0 atom stereocenters. The van der Waals surface area contributed by atoms with E-state index >= 15 is 0 Å². The second-order valence-electron chi connectivity index (χ2n) is 7.67. The lowest BCUT2D eigenvalue weighted by Crippen LogP contribution is -2.15. The first kappa shape index (κ1) is 21.8. The minimum Gasteiger partial charge on any atom is -0.461 e. The lowest BCUT2D eigenvalue weighted by molar-refractivity contribution is 0.0513. The van der Waals surface area contributed by atoms with Gasteiger partial charge in [-0.05, 0) is 56.5 Å². The number of thiazole rings is 1. The summed E-state index contributed by atoms with van der Waals surface area (Å²) < 4.78 is 8.18. The minimum absolute atomic E-state index is 0.264. The van der Waals surface area contributed by atoms with Gasteiger partial charge in [-0.3, -0.25) is 10.1 Å². The van der Waals surface area contributed by atoms with Gasteiger partial charge >= 0.3 is 5.97 Å². The Morgan fingerprint density at radius 1 is 1.09 bits per heavy atom. The highest BCUT2D eigenvalue weighted by Crippen LogP contribution is 2.29. The molecule has 6 nitrogen and oxygen atoms in total. The highest BCUT2D eigenvalue weighted by atomic mass is 32.1. The van der Waals surface area contributed by atoms with Crippen LogP contribution in [0.15, 0.2) is 48.5 Å². The molecule has 0 aliphatic heterocycles. The van der Waals surface area contributed by atoms with E-state index in [1.54, 1.807) is 13.8 Å². The Morgan fingerprint density at radius 3 is 2.56 bits per heavy atom. The molecule has 2 aromatic carbocycles. The molecule has 4 aromatic rings. The number of nitrogens with one attached hydrogen (secondary N) is 1. The standard InChI is InChI=1S/C25H25N3O3S/c1-5-31-24(30)22-16(3)21(17(4)28(22)14-18-9-7-6-8-10-18)23(29)27-25-26-19-12-11-15(2)13-20(19)32-25/h6-13H,5,14H2,1-4H3,(H,26,27,29). The predicted octanol–water partition coefficient (Wildman–Crippen LogP) is 5.50. The largest absolute Gasteiger partial charge is 0.461 e. The van der Waals surface area contributed by atoms with E-state index in [2.05, 4.69) is 10.3 Å². The average molecular weight is 448 g/mol. The molecule has 0 unspecified atom stereocenters. The van der Waals surface area contributed by atoms with Crippen LogP contribution in [0.5, 0.6) is 0 Å². The third kappa shape index (κ3) is 4.16. The molecule has 1 N–H and O–H groups in total. The number of carbonyl (C=O) groups excluding carboxylic acids is 2. The number of anilines is 1. The number of fused-ring (bicyclic) bond motifs is 1. The zero-order chi connectivity index (χ0) is 22.8. The van der Waals surface area contributed by atoms with Gasteiger partial charge < -0.3 is 9.30 Å². The number of carbonyl (C=O) groups is 2. The second-order valence-corrected chi connectivity index (χ2v) is 8.70. The quantitative estimate of drug-likeness (QED) is 0.396. The van der Waals surface area contributed by atoms with Crippen molar-refractivity contribution in [1.82, 2.24) is 9.55 Å². The topological polar surface area (TPSA) is 73.2 Å². The Morgan fingerprint density at radius 2 is 1.84 bits per heavy atom. The van der Waals surface area contributed by atoms with Crippen LogP contribution in [0, 0.1) is 20.8 Å². The molecule has 4 rings (SSSR count). The molecule has 2 aromatic heterocycles. The smallest absolute Gasteiger partial charge is 0.355 e. The third-order valence-corrected chi connectivity index (χ3v) is 6.34. The Balaban J connectivity index is 1.72. The number of hydrogen-bond donors (Lipinski definition) is 1. The summed E-state index contributed by atoms with van der Waals surface area (Å²) in [6, 6.07) is 15.8. The summed E-state index contributed by atoms with van der Waals surface area (Å²) in [6.07, 6.45) is 0.